The van der Waals surface area contributed by atoms with Crippen molar-refractivity contribution in [2.24, 2.45) is 0 Å². The Labute approximate surface area is 179 Å². The molecule has 1 amide bonds. The van der Waals surface area contributed by atoms with Crippen LogP contribution in [0.3, 0.4) is 0 Å². The number of cyclic esters (lactones) is 1. The van der Waals surface area contributed by atoms with E-state index in [2.05, 4.69) is 49.1 Å². The number of alkyl carbamates (subject to hydrolysis) is 1. The number of hydrogen-bond donors (Lipinski definition) is 2. The first kappa shape index (κ1) is 21.9. The number of hydrogen-bond acceptors (Lipinski definition) is 8. The van der Waals surface area contributed by atoms with E-state index in [1.54, 1.807) is 11.5 Å². The molecule has 3 rings (SSSR count). The number of rotatable bonds is 6. The van der Waals surface area contributed by atoms with Crippen LogP contribution in [0.15, 0.2) is 10.8 Å². The molecule has 2 aromatic heterocycles. The number of thiazole rings is 2. The average Bonchev–Trinajstić information content (AvgIpc) is 3.32. The summed E-state index contributed by atoms with van der Waals surface area (Å²) in [6.07, 6.45) is 0.858. The van der Waals surface area contributed by atoms with Crippen LogP contribution in [0.2, 0.25) is 18.1 Å². The van der Waals surface area contributed by atoms with Crippen LogP contribution in [0.1, 0.15) is 55.1 Å². The molecule has 7 nitrogen and oxygen atoms in total. The van der Waals surface area contributed by atoms with Gasteiger partial charge in [-0.1, -0.05) is 20.8 Å². The monoisotopic (exact) mass is 453 g/mol. The van der Waals surface area contributed by atoms with Crippen LogP contribution in [0, 0.1) is 0 Å². The van der Waals surface area contributed by atoms with Crippen LogP contribution in [0.4, 0.5) is 4.79 Å². The number of aromatic nitrogens is 2. The second-order valence-electron chi connectivity index (χ2n) is 8.56. The quantitative estimate of drug-likeness (QED) is 0.452. The van der Waals surface area contributed by atoms with Gasteiger partial charge in [-0.25, -0.2) is 14.8 Å². The topological polar surface area (TPSA) is 93.6 Å². The fourth-order valence-electron chi connectivity index (χ4n) is 2.44. The molecule has 1 fully saturated rings. The van der Waals surface area contributed by atoms with Gasteiger partial charge in [-0.05, 0) is 25.1 Å². The van der Waals surface area contributed by atoms with Gasteiger partial charge in [-0.3, -0.25) is 0 Å². The molecular weight excluding hydrogens is 426 g/mol. The second kappa shape index (κ2) is 8.17. The summed E-state index contributed by atoms with van der Waals surface area (Å²) in [4.78, 5) is 20.3. The van der Waals surface area contributed by atoms with Gasteiger partial charge in [0.1, 0.15) is 33.6 Å². The highest BCUT2D eigenvalue weighted by molar-refractivity contribution is 7.10. The van der Waals surface area contributed by atoms with Crippen LogP contribution < -0.4 is 5.32 Å². The third-order valence-electron chi connectivity index (χ3n) is 5.30. The third-order valence-corrected chi connectivity index (χ3v) is 11.5. The zero-order valence-electron chi connectivity index (χ0n) is 17.5. The first-order valence-electron chi connectivity index (χ1n) is 9.38. The Hall–Kier alpha value is -1.75. The van der Waals surface area contributed by atoms with Gasteiger partial charge in [0.15, 0.2) is 8.32 Å². The number of aliphatic hydroxyl groups is 1. The number of nitrogens with zero attached hydrogens (tertiary/aromatic N) is 2. The Morgan fingerprint density at radius 2 is 2.07 bits per heavy atom. The van der Waals surface area contributed by atoms with Crippen LogP contribution in [-0.4, -0.2) is 35.6 Å². The van der Waals surface area contributed by atoms with E-state index < -0.39 is 14.4 Å². The molecule has 158 valence electrons. The number of aliphatic hydroxyl groups excluding tert-OH is 1. The summed E-state index contributed by atoms with van der Waals surface area (Å²) in [6, 6.07) is -0.298. The fourth-order valence-corrected chi connectivity index (χ4v) is 5.07. The van der Waals surface area contributed by atoms with Gasteiger partial charge in [0.2, 0.25) is 0 Å². The molecule has 0 aliphatic carbocycles. The predicted molar refractivity (Wildman–Crippen MR) is 119 cm³/mol. The van der Waals surface area contributed by atoms with Crippen molar-refractivity contribution in [3.05, 3.63) is 32.2 Å². The zero-order chi connectivity index (χ0) is 21.4. The normalized spacial score (nSPS) is 20.6. The summed E-state index contributed by atoms with van der Waals surface area (Å²) < 4.78 is 11.3. The fraction of sp³-hybridized carbons (Fsp3) is 0.526. The average molecular weight is 454 g/mol. The molecule has 0 unspecified atom stereocenters. The van der Waals surface area contributed by atoms with Crippen LogP contribution in [0.25, 0.3) is 11.8 Å². The molecule has 0 spiro atoms. The molecule has 0 saturated carbocycles. The van der Waals surface area contributed by atoms with Crippen molar-refractivity contribution < 1.29 is 19.1 Å². The van der Waals surface area contributed by atoms with E-state index in [9.17, 15) is 9.90 Å². The van der Waals surface area contributed by atoms with Gasteiger partial charge in [0.05, 0.1) is 12.3 Å². The molecule has 1 aliphatic rings. The molecular formula is C19H27N3O4S2Si. The van der Waals surface area contributed by atoms with Gasteiger partial charge in [0.25, 0.3) is 0 Å². The Balaban J connectivity index is 1.66. The lowest BCUT2D eigenvalue weighted by Gasteiger charge is -2.35. The number of amides is 1. The van der Waals surface area contributed by atoms with Crippen molar-refractivity contribution >= 4 is 48.9 Å². The Kier molecular flexibility index (Phi) is 6.18. The summed E-state index contributed by atoms with van der Waals surface area (Å²) in [5, 5.41) is 18.4. The van der Waals surface area contributed by atoms with Crippen molar-refractivity contribution in [2.75, 3.05) is 0 Å². The van der Waals surface area contributed by atoms with E-state index in [4.69, 9.17) is 9.16 Å². The van der Waals surface area contributed by atoms with Crippen molar-refractivity contribution in [3.8, 4) is 0 Å². The van der Waals surface area contributed by atoms with Crippen molar-refractivity contribution in [1.29, 1.82) is 0 Å². The molecule has 0 aromatic carbocycles. The summed E-state index contributed by atoms with van der Waals surface area (Å²) in [7, 11) is -1.83. The predicted octanol–water partition coefficient (Wildman–Crippen LogP) is 5.35. The smallest absolute Gasteiger partial charge is 0.408 e. The Morgan fingerprint density at radius 1 is 1.34 bits per heavy atom. The van der Waals surface area contributed by atoms with E-state index in [1.165, 1.54) is 22.7 Å². The number of nitrogens with one attached hydrogen (secondary N) is 1. The van der Waals surface area contributed by atoms with E-state index in [1.807, 2.05) is 12.3 Å². The van der Waals surface area contributed by atoms with Crippen molar-refractivity contribution in [2.45, 2.75) is 64.6 Å². The minimum atomic E-state index is -1.83. The highest BCUT2D eigenvalue weighted by Gasteiger charge is 2.37. The van der Waals surface area contributed by atoms with Gasteiger partial charge >= 0.3 is 6.09 Å². The van der Waals surface area contributed by atoms with E-state index in [0.29, 0.717) is 22.3 Å². The van der Waals surface area contributed by atoms with Gasteiger partial charge in [0, 0.05) is 16.8 Å². The molecule has 1 saturated heterocycles. The maximum Gasteiger partial charge on any atom is 0.408 e. The summed E-state index contributed by atoms with van der Waals surface area (Å²) in [5.41, 5.74) is 1.31. The lowest BCUT2D eigenvalue weighted by molar-refractivity contribution is 0.141. The molecule has 29 heavy (non-hydrogen) atoms. The molecule has 3 heterocycles. The lowest BCUT2D eigenvalue weighted by atomic mass is 10.2. The maximum atomic E-state index is 11.4. The van der Waals surface area contributed by atoms with Crippen LogP contribution in [0.5, 0.6) is 0 Å². The highest BCUT2D eigenvalue weighted by atomic mass is 32.1. The van der Waals surface area contributed by atoms with E-state index >= 15 is 0 Å². The minimum Gasteiger partial charge on any atom is -0.506 e. The van der Waals surface area contributed by atoms with Gasteiger partial charge in [-0.2, -0.15) is 0 Å². The third kappa shape index (κ3) is 5.06. The SMILES string of the molecule is C[C@H]1OC(=O)N[C@@H]1c1nc(/C(O)=C\c2nc(CO[Si](C)(C)C(C)(C)C)cs2)cs1. The summed E-state index contributed by atoms with van der Waals surface area (Å²) >= 11 is 2.82. The molecule has 10 heteroatoms. The van der Waals surface area contributed by atoms with Gasteiger partial charge < -0.3 is 19.6 Å². The number of ether oxygens (including phenoxy) is 1. The lowest BCUT2D eigenvalue weighted by Crippen LogP contribution is -2.40. The molecule has 0 radical (unpaired) electrons. The largest absolute Gasteiger partial charge is 0.506 e. The highest BCUT2D eigenvalue weighted by Crippen LogP contribution is 2.37. The van der Waals surface area contributed by atoms with Crippen LogP contribution >= 0.6 is 22.7 Å². The summed E-state index contributed by atoms with van der Waals surface area (Å²) in [5.74, 6) is 0.0385. The second-order valence-corrected chi connectivity index (χ2v) is 15.1. The number of carbonyl (C=O) groups is 1. The van der Waals surface area contributed by atoms with E-state index in [-0.39, 0.29) is 22.9 Å². The first-order valence-corrected chi connectivity index (χ1v) is 14.0. The molecule has 1 aliphatic heterocycles. The van der Waals surface area contributed by atoms with Crippen molar-refractivity contribution in [3.63, 3.8) is 0 Å². The minimum absolute atomic E-state index is 0.0385. The zero-order valence-corrected chi connectivity index (χ0v) is 20.1. The maximum absolute atomic E-state index is 11.4. The Bertz CT molecular complexity index is 917. The van der Waals surface area contributed by atoms with Crippen LogP contribution in [-0.2, 0) is 15.8 Å². The standard InChI is InChI=1S/C19H27N3O4S2Si/c1-11-16(22-18(24)26-11)17-21-13(10-28-17)14(23)7-15-20-12(9-27-15)8-25-29(5,6)19(2,3)4/h7,9-11,16,23H,8H2,1-6H3,(H,22,24)/b14-7+/t11-,16+/m1/s1. The van der Waals surface area contributed by atoms with E-state index in [0.717, 1.165) is 5.69 Å². The Morgan fingerprint density at radius 3 is 2.69 bits per heavy atom. The summed E-state index contributed by atoms with van der Waals surface area (Å²) in [6.45, 7) is 13.3. The first-order chi connectivity index (χ1) is 13.5. The number of carbonyl (C=O) groups excluding carboxylic acids is 1. The molecule has 0 bridgehead atoms. The molecule has 2 N–H and O–H groups in total. The molecule has 2 aromatic rings. The van der Waals surface area contributed by atoms with Crippen molar-refractivity contribution in [1.82, 2.24) is 15.3 Å². The molecule has 2 atom stereocenters. The van der Waals surface area contributed by atoms with Gasteiger partial charge in [-0.15, -0.1) is 22.7 Å².